The van der Waals surface area contributed by atoms with E-state index in [0.29, 0.717) is 34.5 Å². The molecule has 2 N–H and O–H groups in total. The van der Waals surface area contributed by atoms with Crippen molar-refractivity contribution in [1.82, 2.24) is 24.6 Å². The number of nitrogens with one attached hydrogen (secondary N) is 2. The van der Waals surface area contributed by atoms with Crippen molar-refractivity contribution < 1.29 is 22.4 Å². The summed E-state index contributed by atoms with van der Waals surface area (Å²) in [5, 5.41) is 13.4. The van der Waals surface area contributed by atoms with E-state index >= 15 is 0 Å². The number of aromatic nitrogens is 4. The number of hydrogen-bond acceptors (Lipinski definition) is 5. The summed E-state index contributed by atoms with van der Waals surface area (Å²) in [4.78, 5) is 25.9. The molecular weight excluding hydrogens is 504 g/mol. The first kappa shape index (κ1) is 29.0. The predicted molar refractivity (Wildman–Crippen MR) is 135 cm³/mol. The average Bonchev–Trinajstić information content (AvgIpc) is 3.19. The molecule has 1 aromatic carbocycles. The van der Waals surface area contributed by atoms with Gasteiger partial charge in [-0.05, 0) is 47.2 Å². The fourth-order valence-electron chi connectivity index (χ4n) is 3.97. The number of pyridine rings is 1. The Morgan fingerprint density at radius 1 is 1.16 bits per heavy atom. The minimum absolute atomic E-state index is 0.149. The molecule has 3 aromatic rings. The Morgan fingerprint density at radius 2 is 1.87 bits per heavy atom. The van der Waals surface area contributed by atoms with Gasteiger partial charge < -0.3 is 19.8 Å². The summed E-state index contributed by atoms with van der Waals surface area (Å²) in [5.41, 5.74) is -1.36. The van der Waals surface area contributed by atoms with Gasteiger partial charge in [0.15, 0.2) is 0 Å². The lowest BCUT2D eigenvalue weighted by molar-refractivity contribution is -0.141. The number of carbonyl (C=O) groups is 1. The number of amides is 1. The van der Waals surface area contributed by atoms with Gasteiger partial charge in [-0.3, -0.25) is 9.59 Å². The SMILES string of the molecule is CC(C)CNCc1cc(C(=O)Nc2cc(C(C)(C)Cc3nncn3C)ccc2F)c(=O)n(CC(F)(F)F)c1. The zero-order valence-corrected chi connectivity index (χ0v) is 22.0. The highest BCUT2D eigenvalue weighted by Gasteiger charge is 2.30. The second-order valence-electron chi connectivity index (χ2n) is 10.4. The quantitative estimate of drug-likeness (QED) is 0.379. The first-order chi connectivity index (χ1) is 17.7. The zero-order chi connectivity index (χ0) is 28.3. The molecule has 0 saturated carbocycles. The minimum Gasteiger partial charge on any atom is -0.321 e. The van der Waals surface area contributed by atoms with Gasteiger partial charge in [-0.2, -0.15) is 13.2 Å². The molecule has 2 heterocycles. The number of anilines is 1. The van der Waals surface area contributed by atoms with Crippen molar-refractivity contribution >= 4 is 11.6 Å². The van der Waals surface area contributed by atoms with Gasteiger partial charge in [0, 0.05) is 26.2 Å². The summed E-state index contributed by atoms with van der Waals surface area (Å²) in [6.45, 7) is 6.96. The predicted octanol–water partition coefficient (Wildman–Crippen LogP) is 4.20. The highest BCUT2D eigenvalue weighted by Crippen LogP contribution is 2.30. The standard InChI is InChI=1S/C26H32F4N6O2/c1-16(2)11-31-12-17-8-19(24(38)36(13-17)14-26(28,29)30)23(37)33-21-9-18(6-7-20(21)27)25(3,4)10-22-34-32-15-35(22)5/h6-9,13,15-16,31H,10-12,14H2,1-5H3,(H,33,37). The third-order valence-electron chi connectivity index (χ3n) is 6.02. The van der Waals surface area contributed by atoms with Crippen LogP contribution >= 0.6 is 0 Å². The average molecular weight is 537 g/mol. The van der Waals surface area contributed by atoms with Crippen molar-refractivity contribution in [3.63, 3.8) is 0 Å². The molecule has 12 heteroatoms. The number of rotatable bonds is 10. The highest BCUT2D eigenvalue weighted by molar-refractivity contribution is 6.04. The van der Waals surface area contributed by atoms with Crippen molar-refractivity contribution in [1.29, 1.82) is 0 Å². The number of alkyl halides is 3. The Balaban J connectivity index is 1.92. The Kier molecular flexibility index (Phi) is 8.75. The van der Waals surface area contributed by atoms with Crippen LogP contribution in [0.3, 0.4) is 0 Å². The van der Waals surface area contributed by atoms with Crippen molar-refractivity contribution in [3.05, 3.63) is 75.5 Å². The van der Waals surface area contributed by atoms with Gasteiger partial charge in [-0.25, -0.2) is 4.39 Å². The van der Waals surface area contributed by atoms with E-state index in [1.165, 1.54) is 18.2 Å². The number of nitrogens with zero attached hydrogens (tertiary/aromatic N) is 4. The molecule has 8 nitrogen and oxygen atoms in total. The summed E-state index contributed by atoms with van der Waals surface area (Å²) in [6, 6.07) is 5.46. The monoisotopic (exact) mass is 536 g/mol. The Labute approximate surface area is 218 Å². The van der Waals surface area contributed by atoms with Crippen LogP contribution in [-0.2, 0) is 32.0 Å². The van der Waals surface area contributed by atoms with Crippen molar-refractivity contribution in [2.75, 3.05) is 11.9 Å². The molecule has 0 spiro atoms. The minimum atomic E-state index is -4.67. The second-order valence-corrected chi connectivity index (χ2v) is 10.4. The summed E-state index contributed by atoms with van der Waals surface area (Å²) in [7, 11) is 1.81. The molecule has 38 heavy (non-hydrogen) atoms. The van der Waals surface area contributed by atoms with Gasteiger partial charge in [0.1, 0.15) is 30.1 Å². The van der Waals surface area contributed by atoms with E-state index in [1.54, 1.807) is 24.0 Å². The highest BCUT2D eigenvalue weighted by atomic mass is 19.4. The van der Waals surface area contributed by atoms with E-state index in [2.05, 4.69) is 20.8 Å². The Bertz CT molecular complexity index is 1340. The van der Waals surface area contributed by atoms with Crippen LogP contribution in [0.25, 0.3) is 0 Å². The first-order valence-corrected chi connectivity index (χ1v) is 12.1. The van der Waals surface area contributed by atoms with Crippen LogP contribution in [0, 0.1) is 11.7 Å². The summed E-state index contributed by atoms with van der Waals surface area (Å²) in [6.07, 6.45) is -1.55. The zero-order valence-electron chi connectivity index (χ0n) is 22.0. The lowest BCUT2D eigenvalue weighted by Crippen LogP contribution is -2.34. The molecule has 0 bridgehead atoms. The van der Waals surface area contributed by atoms with E-state index in [-0.39, 0.29) is 18.2 Å². The Morgan fingerprint density at radius 3 is 2.47 bits per heavy atom. The molecule has 0 saturated heterocycles. The lowest BCUT2D eigenvalue weighted by Gasteiger charge is -2.25. The molecule has 0 radical (unpaired) electrons. The third-order valence-corrected chi connectivity index (χ3v) is 6.02. The molecule has 2 aromatic heterocycles. The van der Waals surface area contributed by atoms with Crippen LogP contribution in [0.15, 0.2) is 41.6 Å². The van der Waals surface area contributed by atoms with Crippen molar-refractivity contribution in [2.24, 2.45) is 13.0 Å². The summed E-state index contributed by atoms with van der Waals surface area (Å²) >= 11 is 0. The molecule has 0 aliphatic heterocycles. The Hall–Kier alpha value is -3.54. The number of benzene rings is 1. The fraction of sp³-hybridized carbons (Fsp3) is 0.462. The van der Waals surface area contributed by atoms with Gasteiger partial charge in [0.05, 0.1) is 5.69 Å². The van der Waals surface area contributed by atoms with Crippen LogP contribution in [0.1, 0.15) is 55.0 Å². The van der Waals surface area contributed by atoms with Gasteiger partial charge in [-0.1, -0.05) is 33.8 Å². The molecule has 206 valence electrons. The van der Waals surface area contributed by atoms with Crippen LogP contribution in [0.2, 0.25) is 0 Å². The molecule has 0 atom stereocenters. The maximum absolute atomic E-state index is 14.7. The molecule has 0 aliphatic carbocycles. The van der Waals surface area contributed by atoms with Gasteiger partial charge in [0.2, 0.25) is 0 Å². The van der Waals surface area contributed by atoms with Crippen LogP contribution in [0.5, 0.6) is 0 Å². The van der Waals surface area contributed by atoms with Crippen LogP contribution in [0.4, 0.5) is 23.2 Å². The van der Waals surface area contributed by atoms with Gasteiger partial charge in [-0.15, -0.1) is 10.2 Å². The van der Waals surface area contributed by atoms with Crippen LogP contribution in [-0.4, -0.2) is 38.0 Å². The molecule has 1 amide bonds. The number of halogens is 4. The van der Waals surface area contributed by atoms with Crippen molar-refractivity contribution in [2.45, 2.75) is 58.8 Å². The van der Waals surface area contributed by atoms with E-state index in [9.17, 15) is 27.2 Å². The summed E-state index contributed by atoms with van der Waals surface area (Å²) in [5.74, 6) is -0.759. The van der Waals surface area contributed by atoms with E-state index in [1.807, 2.05) is 27.7 Å². The van der Waals surface area contributed by atoms with Gasteiger partial charge >= 0.3 is 6.18 Å². The lowest BCUT2D eigenvalue weighted by atomic mass is 9.81. The number of hydrogen-bond donors (Lipinski definition) is 2. The molecule has 3 rings (SSSR count). The number of carbonyl (C=O) groups excluding carboxylic acids is 1. The normalized spacial score (nSPS) is 12.3. The fourth-order valence-corrected chi connectivity index (χ4v) is 3.97. The second kappa shape index (κ2) is 11.5. The number of aryl methyl sites for hydroxylation is 1. The molecule has 0 unspecified atom stereocenters. The smallest absolute Gasteiger partial charge is 0.321 e. The third kappa shape index (κ3) is 7.50. The maximum atomic E-state index is 14.7. The van der Waals surface area contributed by atoms with E-state index in [4.69, 9.17) is 0 Å². The van der Waals surface area contributed by atoms with Gasteiger partial charge in [0.25, 0.3) is 11.5 Å². The largest absolute Gasteiger partial charge is 0.406 e. The topological polar surface area (TPSA) is 93.8 Å². The first-order valence-electron chi connectivity index (χ1n) is 12.1. The molecule has 0 aliphatic rings. The van der Waals surface area contributed by atoms with Crippen molar-refractivity contribution in [3.8, 4) is 0 Å². The summed E-state index contributed by atoms with van der Waals surface area (Å²) < 4.78 is 56.3. The van der Waals surface area contributed by atoms with E-state index < -0.39 is 41.0 Å². The molecule has 0 fully saturated rings. The maximum Gasteiger partial charge on any atom is 0.406 e. The van der Waals surface area contributed by atoms with E-state index in [0.717, 1.165) is 6.20 Å². The van der Waals surface area contributed by atoms with Crippen LogP contribution < -0.4 is 16.2 Å². The molecular formula is C26H32F4N6O2.